The summed E-state index contributed by atoms with van der Waals surface area (Å²) in [7, 11) is 1.73. The molecule has 0 bridgehead atoms. The van der Waals surface area contributed by atoms with E-state index in [-0.39, 0.29) is 30.2 Å². The van der Waals surface area contributed by atoms with Crippen molar-refractivity contribution in [1.82, 2.24) is 14.8 Å². The SMILES string of the molecule is CC(C)Nc1nc(N)c(C(=O)N2CCN(C)C(=O)C2)s1. The fourth-order valence-corrected chi connectivity index (χ4v) is 2.87. The van der Waals surface area contributed by atoms with Gasteiger partial charge in [0.15, 0.2) is 5.13 Å². The van der Waals surface area contributed by atoms with Gasteiger partial charge in [-0.2, -0.15) is 0 Å². The van der Waals surface area contributed by atoms with E-state index in [0.29, 0.717) is 23.1 Å². The first kappa shape index (κ1) is 14.6. The average Bonchev–Trinajstić information content (AvgIpc) is 2.72. The van der Waals surface area contributed by atoms with Crippen molar-refractivity contribution in [2.75, 3.05) is 37.7 Å². The first-order valence-electron chi connectivity index (χ1n) is 6.44. The van der Waals surface area contributed by atoms with Crippen LogP contribution in [0, 0.1) is 0 Å². The number of hydrogen-bond acceptors (Lipinski definition) is 6. The molecule has 0 radical (unpaired) electrons. The van der Waals surface area contributed by atoms with Crippen LogP contribution in [0.25, 0.3) is 0 Å². The lowest BCUT2D eigenvalue weighted by molar-refractivity contribution is -0.133. The number of nitrogen functional groups attached to an aromatic ring is 1. The van der Waals surface area contributed by atoms with E-state index in [0.717, 1.165) is 0 Å². The van der Waals surface area contributed by atoms with Crippen LogP contribution in [0.3, 0.4) is 0 Å². The third kappa shape index (κ3) is 3.01. The van der Waals surface area contributed by atoms with Crippen molar-refractivity contribution in [3.8, 4) is 0 Å². The van der Waals surface area contributed by atoms with Gasteiger partial charge < -0.3 is 20.9 Å². The summed E-state index contributed by atoms with van der Waals surface area (Å²) in [6.45, 7) is 5.13. The Morgan fingerprint density at radius 3 is 2.75 bits per heavy atom. The molecule has 1 aliphatic heterocycles. The first-order chi connectivity index (χ1) is 9.38. The largest absolute Gasteiger partial charge is 0.382 e. The van der Waals surface area contributed by atoms with Crippen LogP contribution in [0.4, 0.5) is 10.9 Å². The highest BCUT2D eigenvalue weighted by molar-refractivity contribution is 7.18. The molecule has 0 aromatic carbocycles. The molecule has 2 heterocycles. The van der Waals surface area contributed by atoms with Gasteiger partial charge in [0.25, 0.3) is 5.91 Å². The molecule has 1 aliphatic rings. The van der Waals surface area contributed by atoms with Crippen LogP contribution in [0.2, 0.25) is 0 Å². The Morgan fingerprint density at radius 2 is 2.15 bits per heavy atom. The van der Waals surface area contributed by atoms with E-state index >= 15 is 0 Å². The molecule has 110 valence electrons. The highest BCUT2D eigenvalue weighted by Crippen LogP contribution is 2.27. The minimum absolute atomic E-state index is 0.0618. The minimum atomic E-state index is -0.224. The van der Waals surface area contributed by atoms with Gasteiger partial charge in [-0.3, -0.25) is 9.59 Å². The van der Waals surface area contributed by atoms with Gasteiger partial charge in [0.05, 0.1) is 0 Å². The number of hydrogen-bond donors (Lipinski definition) is 2. The van der Waals surface area contributed by atoms with Crippen molar-refractivity contribution < 1.29 is 9.59 Å². The maximum absolute atomic E-state index is 12.4. The number of thiazole rings is 1. The topological polar surface area (TPSA) is 91.6 Å². The highest BCUT2D eigenvalue weighted by atomic mass is 32.1. The van der Waals surface area contributed by atoms with Crippen molar-refractivity contribution in [2.45, 2.75) is 19.9 Å². The summed E-state index contributed by atoms with van der Waals surface area (Å²) in [6.07, 6.45) is 0. The van der Waals surface area contributed by atoms with Crippen molar-refractivity contribution in [3.05, 3.63) is 4.88 Å². The Morgan fingerprint density at radius 1 is 1.45 bits per heavy atom. The van der Waals surface area contributed by atoms with Crippen molar-refractivity contribution in [2.24, 2.45) is 0 Å². The highest BCUT2D eigenvalue weighted by Gasteiger charge is 2.28. The van der Waals surface area contributed by atoms with E-state index in [9.17, 15) is 9.59 Å². The third-order valence-electron chi connectivity index (χ3n) is 3.00. The minimum Gasteiger partial charge on any atom is -0.382 e. The molecular weight excluding hydrogens is 278 g/mol. The van der Waals surface area contributed by atoms with Gasteiger partial charge in [0.2, 0.25) is 5.91 Å². The maximum atomic E-state index is 12.4. The van der Waals surface area contributed by atoms with Gasteiger partial charge in [0, 0.05) is 26.2 Å². The maximum Gasteiger partial charge on any atom is 0.268 e. The molecule has 2 amide bonds. The summed E-state index contributed by atoms with van der Waals surface area (Å²) in [4.78, 5) is 31.7. The van der Waals surface area contributed by atoms with E-state index in [1.54, 1.807) is 11.9 Å². The van der Waals surface area contributed by atoms with Crippen molar-refractivity contribution >= 4 is 34.1 Å². The number of carbonyl (C=O) groups is 2. The van der Waals surface area contributed by atoms with E-state index in [2.05, 4.69) is 10.3 Å². The van der Waals surface area contributed by atoms with E-state index < -0.39 is 0 Å². The summed E-state index contributed by atoms with van der Waals surface area (Å²) in [6, 6.07) is 0.216. The summed E-state index contributed by atoms with van der Waals surface area (Å²) in [5.41, 5.74) is 5.80. The number of nitrogens with zero attached hydrogens (tertiary/aromatic N) is 3. The Balaban J connectivity index is 2.13. The molecule has 0 unspecified atom stereocenters. The summed E-state index contributed by atoms with van der Waals surface area (Å²) < 4.78 is 0. The van der Waals surface area contributed by atoms with Gasteiger partial charge in [-0.15, -0.1) is 0 Å². The van der Waals surface area contributed by atoms with Gasteiger partial charge in [-0.1, -0.05) is 11.3 Å². The zero-order chi connectivity index (χ0) is 14.9. The number of likely N-dealkylation sites (N-methyl/N-ethyl adjacent to an activating group) is 1. The predicted molar refractivity (Wildman–Crippen MR) is 78.8 cm³/mol. The number of aromatic nitrogens is 1. The standard InChI is InChI=1S/C12H19N5O2S/c1-7(2)14-12-15-10(13)9(20-12)11(19)17-5-4-16(3)8(18)6-17/h7H,4-6,13H2,1-3H3,(H,14,15). The van der Waals surface area contributed by atoms with Gasteiger partial charge in [0.1, 0.15) is 17.2 Å². The molecule has 1 aromatic rings. The van der Waals surface area contributed by atoms with E-state index in [1.165, 1.54) is 16.2 Å². The zero-order valence-electron chi connectivity index (χ0n) is 11.8. The molecule has 8 heteroatoms. The van der Waals surface area contributed by atoms with Crippen molar-refractivity contribution in [3.63, 3.8) is 0 Å². The molecule has 7 nitrogen and oxygen atoms in total. The molecule has 1 fully saturated rings. The second-order valence-corrected chi connectivity index (χ2v) is 6.07. The fourth-order valence-electron chi connectivity index (χ4n) is 1.87. The molecular formula is C12H19N5O2S. The summed E-state index contributed by atoms with van der Waals surface area (Å²) in [5, 5.41) is 3.75. The quantitative estimate of drug-likeness (QED) is 0.845. The fraction of sp³-hybridized carbons (Fsp3) is 0.583. The van der Waals surface area contributed by atoms with Crippen LogP contribution in [0.5, 0.6) is 0 Å². The van der Waals surface area contributed by atoms with Crippen LogP contribution in [-0.4, -0.2) is 59.3 Å². The Hall–Kier alpha value is -1.83. The number of anilines is 2. The average molecular weight is 297 g/mol. The molecule has 0 saturated carbocycles. The Kier molecular flexibility index (Phi) is 4.12. The van der Waals surface area contributed by atoms with Gasteiger partial charge in [-0.25, -0.2) is 4.98 Å². The molecule has 20 heavy (non-hydrogen) atoms. The Labute approximate surface area is 121 Å². The summed E-state index contributed by atoms with van der Waals surface area (Å²) >= 11 is 1.23. The lowest BCUT2D eigenvalue weighted by Gasteiger charge is -2.31. The van der Waals surface area contributed by atoms with Gasteiger partial charge >= 0.3 is 0 Å². The second-order valence-electron chi connectivity index (χ2n) is 5.07. The van der Waals surface area contributed by atoms with Crippen LogP contribution < -0.4 is 11.1 Å². The lowest BCUT2D eigenvalue weighted by atomic mass is 10.3. The monoisotopic (exact) mass is 297 g/mol. The number of amides is 2. The van der Waals surface area contributed by atoms with Crippen molar-refractivity contribution in [1.29, 1.82) is 0 Å². The van der Waals surface area contributed by atoms with Crippen LogP contribution in [0.1, 0.15) is 23.5 Å². The summed E-state index contributed by atoms with van der Waals surface area (Å²) in [5.74, 6) is -0.0685. The molecule has 0 spiro atoms. The van der Waals surface area contributed by atoms with E-state index in [1.807, 2.05) is 13.8 Å². The molecule has 0 aliphatic carbocycles. The number of carbonyl (C=O) groups excluding carboxylic acids is 2. The lowest BCUT2D eigenvalue weighted by Crippen LogP contribution is -2.50. The normalized spacial score (nSPS) is 15.9. The van der Waals surface area contributed by atoms with Crippen LogP contribution in [0.15, 0.2) is 0 Å². The molecule has 1 saturated heterocycles. The third-order valence-corrected chi connectivity index (χ3v) is 3.99. The predicted octanol–water partition coefficient (Wildman–Crippen LogP) is 0.460. The van der Waals surface area contributed by atoms with Crippen LogP contribution in [-0.2, 0) is 4.79 Å². The van der Waals surface area contributed by atoms with Gasteiger partial charge in [-0.05, 0) is 13.8 Å². The zero-order valence-corrected chi connectivity index (χ0v) is 12.7. The molecule has 2 rings (SSSR count). The smallest absolute Gasteiger partial charge is 0.268 e. The molecule has 0 atom stereocenters. The first-order valence-corrected chi connectivity index (χ1v) is 7.26. The number of rotatable bonds is 3. The second kappa shape index (κ2) is 5.66. The number of nitrogens with two attached hydrogens (primary N) is 1. The number of nitrogens with one attached hydrogen (secondary N) is 1. The molecule has 1 aromatic heterocycles. The van der Waals surface area contributed by atoms with E-state index in [4.69, 9.17) is 5.73 Å². The van der Waals surface area contributed by atoms with Crippen LogP contribution >= 0.6 is 11.3 Å². The Bertz CT molecular complexity index is 528. The number of piperazine rings is 1. The molecule has 3 N–H and O–H groups in total.